The Kier molecular flexibility index (Phi) is 8.90. The van der Waals surface area contributed by atoms with Crippen molar-refractivity contribution in [2.75, 3.05) is 24.9 Å². The summed E-state index contributed by atoms with van der Waals surface area (Å²) in [5.74, 6) is 6.89. The van der Waals surface area contributed by atoms with Crippen LogP contribution in [-0.2, 0) is 4.74 Å². The van der Waals surface area contributed by atoms with E-state index < -0.39 is 5.97 Å². The minimum Gasteiger partial charge on any atom is -0.497 e. The Morgan fingerprint density at radius 2 is 1.30 bits per heavy atom. The van der Waals surface area contributed by atoms with E-state index in [0.29, 0.717) is 11.4 Å². The van der Waals surface area contributed by atoms with Gasteiger partial charge in [0, 0.05) is 39.3 Å². The highest BCUT2D eigenvalue weighted by atomic mass is 16.5. The van der Waals surface area contributed by atoms with Gasteiger partial charge < -0.3 is 20.1 Å². The van der Waals surface area contributed by atoms with Gasteiger partial charge in [-0.15, -0.1) is 12.8 Å². The van der Waals surface area contributed by atoms with Crippen molar-refractivity contribution < 1.29 is 14.3 Å². The number of methoxy groups -OCH3 is 2. The second-order valence-electron chi connectivity index (χ2n) is 9.25. The number of hydrogen-bond donors (Lipinski definition) is 2. The van der Waals surface area contributed by atoms with E-state index in [1.807, 2.05) is 66.7 Å². The van der Waals surface area contributed by atoms with Crippen LogP contribution in [0.2, 0.25) is 0 Å². The molecule has 4 aromatic carbocycles. The highest BCUT2D eigenvalue weighted by Gasteiger charge is 2.10. The molecule has 0 radical (unpaired) electrons. The van der Waals surface area contributed by atoms with Gasteiger partial charge in [0.1, 0.15) is 30.0 Å². The number of aromatic nitrogens is 4. The number of ether oxygens (including phenoxy) is 2. The van der Waals surface area contributed by atoms with E-state index in [1.165, 1.54) is 19.8 Å². The summed E-state index contributed by atoms with van der Waals surface area (Å²) in [5, 5.41) is 8.12. The van der Waals surface area contributed by atoms with Crippen LogP contribution in [0.4, 0.5) is 23.0 Å². The number of nitrogens with zero attached hydrogens (tertiary/aromatic N) is 4. The van der Waals surface area contributed by atoms with Crippen LogP contribution in [0.25, 0.3) is 21.8 Å². The lowest BCUT2D eigenvalue weighted by atomic mass is 10.1. The number of hydrogen-bond acceptors (Lipinski definition) is 9. The Balaban J connectivity index is 0.000000175. The Morgan fingerprint density at radius 3 is 1.89 bits per heavy atom. The lowest BCUT2D eigenvalue weighted by Gasteiger charge is -2.09. The molecule has 0 aliphatic carbocycles. The van der Waals surface area contributed by atoms with Gasteiger partial charge >= 0.3 is 5.97 Å². The number of carbonyl (C=O) groups is 1. The van der Waals surface area contributed by atoms with Gasteiger partial charge in [0.05, 0.1) is 30.8 Å². The zero-order valence-electron chi connectivity index (χ0n) is 23.9. The predicted octanol–water partition coefficient (Wildman–Crippen LogP) is 6.50. The van der Waals surface area contributed by atoms with Crippen molar-refractivity contribution in [1.29, 1.82) is 0 Å². The summed E-state index contributed by atoms with van der Waals surface area (Å²) in [6.45, 7) is 0. The Labute approximate surface area is 254 Å². The molecule has 6 rings (SSSR count). The van der Waals surface area contributed by atoms with E-state index in [2.05, 4.69) is 42.4 Å². The number of rotatable bonds is 6. The monoisotopic (exact) mass is 578 g/mol. The Bertz CT molecular complexity index is 2060. The largest absolute Gasteiger partial charge is 0.497 e. The third-order valence-corrected chi connectivity index (χ3v) is 6.48. The fourth-order valence-electron chi connectivity index (χ4n) is 4.31. The van der Waals surface area contributed by atoms with Crippen molar-refractivity contribution in [3.63, 3.8) is 0 Å². The van der Waals surface area contributed by atoms with Crippen LogP contribution >= 0.6 is 0 Å². The summed E-state index contributed by atoms with van der Waals surface area (Å²) < 4.78 is 9.96. The average molecular weight is 579 g/mol. The number of nitrogens with one attached hydrogen (secondary N) is 2. The van der Waals surface area contributed by atoms with Gasteiger partial charge in [-0.2, -0.15) is 0 Å². The molecule has 0 fully saturated rings. The molecule has 2 N–H and O–H groups in total. The molecular weight excluding hydrogens is 552 g/mol. The van der Waals surface area contributed by atoms with E-state index in [1.54, 1.807) is 25.3 Å². The maximum absolute atomic E-state index is 11.7. The second-order valence-corrected chi connectivity index (χ2v) is 9.25. The van der Waals surface area contributed by atoms with Crippen molar-refractivity contribution in [3.05, 3.63) is 114 Å². The first kappa shape index (κ1) is 29.1. The first-order valence-electron chi connectivity index (χ1n) is 13.3. The maximum atomic E-state index is 11.7. The SMILES string of the molecule is C#Cc1cccc(Nc2ncnc3cc(OC)ccc23)c1.C#Cc1cccc(Nc2ncnc3ccc(C(=O)OC)cc23)c1. The molecule has 0 atom stereocenters. The van der Waals surface area contributed by atoms with Crippen molar-refractivity contribution in [2.45, 2.75) is 0 Å². The van der Waals surface area contributed by atoms with E-state index in [-0.39, 0.29) is 0 Å². The van der Waals surface area contributed by atoms with Crippen molar-refractivity contribution in [2.24, 2.45) is 0 Å². The van der Waals surface area contributed by atoms with Crippen LogP contribution in [0.3, 0.4) is 0 Å². The molecule has 44 heavy (non-hydrogen) atoms. The van der Waals surface area contributed by atoms with E-state index >= 15 is 0 Å². The van der Waals surface area contributed by atoms with E-state index in [4.69, 9.17) is 22.3 Å². The van der Waals surface area contributed by atoms with Crippen LogP contribution in [0.5, 0.6) is 5.75 Å². The fourth-order valence-corrected chi connectivity index (χ4v) is 4.31. The van der Waals surface area contributed by atoms with Gasteiger partial charge in [-0.05, 0) is 66.7 Å². The first-order valence-corrected chi connectivity index (χ1v) is 13.3. The lowest BCUT2D eigenvalue weighted by molar-refractivity contribution is 0.0601. The highest BCUT2D eigenvalue weighted by molar-refractivity contribution is 5.98. The molecule has 0 bridgehead atoms. The number of esters is 1. The predicted molar refractivity (Wildman–Crippen MR) is 172 cm³/mol. The zero-order valence-corrected chi connectivity index (χ0v) is 23.9. The van der Waals surface area contributed by atoms with Crippen LogP contribution in [0, 0.1) is 24.7 Å². The number of terminal acetylenes is 2. The Morgan fingerprint density at radius 1 is 0.682 bits per heavy atom. The highest BCUT2D eigenvalue weighted by Crippen LogP contribution is 2.27. The summed E-state index contributed by atoms with van der Waals surface area (Å²) in [4.78, 5) is 28.7. The van der Waals surface area contributed by atoms with E-state index in [9.17, 15) is 4.79 Å². The summed E-state index contributed by atoms with van der Waals surface area (Å²) in [6, 6.07) is 25.9. The second kappa shape index (κ2) is 13.5. The van der Waals surface area contributed by atoms with E-state index in [0.717, 1.165) is 55.9 Å². The molecule has 0 amide bonds. The van der Waals surface area contributed by atoms with Crippen LogP contribution in [0.1, 0.15) is 21.5 Å². The van der Waals surface area contributed by atoms with Gasteiger partial charge in [0.2, 0.25) is 0 Å². The quantitative estimate of drug-likeness (QED) is 0.169. The molecule has 2 heterocycles. The number of fused-ring (bicyclic) bond motifs is 2. The van der Waals surface area contributed by atoms with Crippen LogP contribution in [-0.4, -0.2) is 40.1 Å². The fraction of sp³-hybridized carbons (Fsp3) is 0.0571. The van der Waals surface area contributed by atoms with Gasteiger partial charge in [-0.3, -0.25) is 0 Å². The molecule has 0 unspecified atom stereocenters. The molecule has 0 saturated carbocycles. The van der Waals surface area contributed by atoms with Crippen molar-refractivity contribution >= 4 is 50.8 Å². The number of carbonyl (C=O) groups excluding carboxylic acids is 1. The summed E-state index contributed by atoms with van der Waals surface area (Å²) >= 11 is 0. The average Bonchev–Trinajstić information content (AvgIpc) is 3.08. The summed E-state index contributed by atoms with van der Waals surface area (Å²) in [6.07, 6.45) is 13.8. The normalized spacial score (nSPS) is 10.1. The molecule has 2 aromatic heterocycles. The van der Waals surface area contributed by atoms with Gasteiger partial charge in [-0.25, -0.2) is 24.7 Å². The first-order chi connectivity index (χ1) is 21.5. The molecular formula is C35H26N6O3. The van der Waals surface area contributed by atoms with Gasteiger partial charge in [0.15, 0.2) is 0 Å². The van der Waals surface area contributed by atoms with Crippen molar-refractivity contribution in [3.8, 4) is 30.4 Å². The lowest BCUT2D eigenvalue weighted by Crippen LogP contribution is -2.02. The third-order valence-electron chi connectivity index (χ3n) is 6.48. The molecule has 0 saturated heterocycles. The summed E-state index contributed by atoms with van der Waals surface area (Å²) in [5.41, 5.74) is 5.27. The standard InChI is InChI=1S/C18H13N3O2.C17H13N3O/c1-3-12-5-4-6-14(9-12)21-17-15-10-13(18(22)23-2)7-8-16(15)19-11-20-17;1-3-12-5-4-6-13(9-12)20-17-15-8-7-14(21-2)10-16(15)18-11-19-17/h1,4-11H,2H3,(H,19,20,21);1,4-11H,2H3,(H,18,19,20). The minimum absolute atomic E-state index is 0.406. The van der Waals surface area contributed by atoms with Gasteiger partial charge in [-0.1, -0.05) is 24.0 Å². The minimum atomic E-state index is -0.406. The maximum Gasteiger partial charge on any atom is 0.337 e. The molecule has 0 aliphatic heterocycles. The van der Waals surface area contributed by atoms with Crippen LogP contribution < -0.4 is 15.4 Å². The third kappa shape index (κ3) is 6.71. The van der Waals surface area contributed by atoms with Gasteiger partial charge in [0.25, 0.3) is 0 Å². The zero-order chi connectivity index (χ0) is 30.9. The Hall–Kier alpha value is -6.45. The molecule has 0 aliphatic rings. The molecule has 6 aromatic rings. The number of benzene rings is 4. The molecule has 9 heteroatoms. The van der Waals surface area contributed by atoms with Crippen molar-refractivity contribution in [1.82, 2.24) is 19.9 Å². The molecule has 9 nitrogen and oxygen atoms in total. The molecule has 214 valence electrons. The van der Waals surface area contributed by atoms with Crippen LogP contribution in [0.15, 0.2) is 97.6 Å². The smallest absolute Gasteiger partial charge is 0.337 e. The molecule has 0 spiro atoms. The number of anilines is 4. The summed E-state index contributed by atoms with van der Waals surface area (Å²) in [7, 11) is 2.98. The topological polar surface area (TPSA) is 111 Å².